The van der Waals surface area contributed by atoms with Crippen molar-refractivity contribution in [3.8, 4) is 39.1 Å². The molecule has 11 aromatic rings. The van der Waals surface area contributed by atoms with E-state index in [1.165, 1.54) is 0 Å². The topological polar surface area (TPSA) is 21.3 Å². The van der Waals surface area contributed by atoms with Crippen molar-refractivity contribution in [3.05, 3.63) is 218 Å². The quantitative estimate of drug-likeness (QED) is 0.162. The predicted molar refractivity (Wildman–Crippen MR) is 239 cm³/mol. The Bertz CT molecular complexity index is 3820. The molecule has 0 N–H and O–H groups in total. The van der Waals surface area contributed by atoms with Crippen molar-refractivity contribution in [2.75, 3.05) is 4.90 Å². The number of furan rings is 1. The lowest BCUT2D eigenvalue weighted by Gasteiger charge is -2.26. The zero-order valence-corrected chi connectivity index (χ0v) is 30.2. The zero-order chi connectivity index (χ0) is 48.2. The van der Waals surface area contributed by atoms with Gasteiger partial charge in [-0.3, -0.25) is 0 Å². The van der Waals surface area contributed by atoms with Gasteiger partial charge in [-0.1, -0.05) is 152 Å². The van der Waals surface area contributed by atoms with Crippen LogP contribution in [0.4, 0.5) is 17.1 Å². The monoisotopic (exact) mass is 740 g/mol. The van der Waals surface area contributed by atoms with Gasteiger partial charge in [0, 0.05) is 49.9 Å². The standard InChI is InChI=1S/C54H36N2O/c1-2-12-37(13-3-1)38-24-30-42(31-25-38)55(44-34-28-40(29-35-44)46-19-11-20-50-49-18-6-9-23-53(49)57-54(46)50)43-32-26-39(27-33-43)41-14-10-15-45(36-41)56-51-21-7-4-16-47(51)48-17-5-8-22-52(48)56/h1-36H/i24D,25D,26D,27D,28D,29D,30D,31D,32D,33D,34D,35D. The van der Waals surface area contributed by atoms with E-state index in [1.54, 1.807) is 66.7 Å². The van der Waals surface area contributed by atoms with Gasteiger partial charge in [-0.2, -0.15) is 0 Å². The average molecular weight is 741 g/mol. The molecule has 9 aromatic carbocycles. The molecule has 0 amide bonds. The molecule has 0 radical (unpaired) electrons. The number of fused-ring (bicyclic) bond motifs is 6. The van der Waals surface area contributed by atoms with Crippen LogP contribution in [0, 0.1) is 0 Å². The van der Waals surface area contributed by atoms with Gasteiger partial charge in [-0.25, -0.2) is 0 Å². The first-order chi connectivity index (χ1) is 33.3. The van der Waals surface area contributed by atoms with Crippen LogP contribution in [0.1, 0.15) is 16.4 Å². The van der Waals surface area contributed by atoms with Crippen molar-refractivity contribution in [1.82, 2.24) is 4.57 Å². The van der Waals surface area contributed by atoms with Gasteiger partial charge in [0.15, 0.2) is 0 Å². The Morgan fingerprint density at radius 2 is 0.877 bits per heavy atom. The minimum Gasteiger partial charge on any atom is -0.455 e. The molecule has 0 aliphatic heterocycles. The number of benzene rings is 9. The maximum absolute atomic E-state index is 9.67. The number of nitrogens with zero attached hydrogens (tertiary/aromatic N) is 2. The van der Waals surface area contributed by atoms with Gasteiger partial charge in [0.1, 0.15) is 11.2 Å². The summed E-state index contributed by atoms with van der Waals surface area (Å²) in [5, 5.41) is 3.50. The molecular formula is C54H36N2O. The fourth-order valence-electron chi connectivity index (χ4n) is 7.56. The Balaban J connectivity index is 1.17. The summed E-state index contributed by atoms with van der Waals surface area (Å²) in [6, 6.07) is 36.4. The number of hydrogen-bond donors (Lipinski definition) is 0. The SMILES string of the molecule is [2H]c1c([2H])c(N(c2c([2H])c([2H])c(-c3cccc(-n4c5ccccc5c5ccccc54)c3)c([2H])c2[2H])c2c([2H])c([2H])c(-c3cccc4c3oc3ccccc34)c([2H])c2[2H])c([2H])c([2H])c1-c1ccccc1. The Morgan fingerprint density at radius 1 is 0.386 bits per heavy atom. The summed E-state index contributed by atoms with van der Waals surface area (Å²) < 4.78 is 122. The molecule has 0 aliphatic carbocycles. The molecule has 268 valence electrons. The van der Waals surface area contributed by atoms with E-state index in [-0.39, 0.29) is 22.3 Å². The van der Waals surface area contributed by atoms with Crippen LogP contribution in [0.2, 0.25) is 0 Å². The van der Waals surface area contributed by atoms with Crippen LogP contribution in [0.15, 0.2) is 223 Å². The van der Waals surface area contributed by atoms with Gasteiger partial charge in [0.2, 0.25) is 0 Å². The molecular weight excluding hydrogens is 693 g/mol. The summed E-state index contributed by atoms with van der Waals surface area (Å²) in [5.41, 5.74) is 2.29. The maximum Gasteiger partial charge on any atom is 0.143 e. The Hall–Kier alpha value is -7.62. The van der Waals surface area contributed by atoms with Crippen LogP contribution < -0.4 is 4.90 Å². The summed E-state index contributed by atoms with van der Waals surface area (Å²) in [7, 11) is 0. The Morgan fingerprint density at radius 3 is 1.53 bits per heavy atom. The highest BCUT2D eigenvalue weighted by molar-refractivity contribution is 6.10. The van der Waals surface area contributed by atoms with E-state index in [0.717, 1.165) is 32.1 Å². The van der Waals surface area contributed by atoms with E-state index in [9.17, 15) is 16.4 Å². The fourth-order valence-corrected chi connectivity index (χ4v) is 7.56. The molecule has 0 fully saturated rings. The van der Waals surface area contributed by atoms with E-state index in [1.807, 2.05) is 78.9 Å². The van der Waals surface area contributed by atoms with Crippen molar-refractivity contribution in [1.29, 1.82) is 0 Å². The smallest absolute Gasteiger partial charge is 0.143 e. The first-order valence-corrected chi connectivity index (χ1v) is 18.5. The molecule has 0 saturated carbocycles. The molecule has 0 unspecified atom stereocenters. The minimum atomic E-state index is -0.706. The normalized spacial score (nSPS) is 14.5. The molecule has 0 bridgehead atoms. The van der Waals surface area contributed by atoms with E-state index in [0.29, 0.717) is 33.4 Å². The summed E-state index contributed by atoms with van der Waals surface area (Å²) in [6.45, 7) is 0. The first-order valence-electron chi connectivity index (χ1n) is 24.5. The summed E-state index contributed by atoms with van der Waals surface area (Å²) in [4.78, 5) is 0.834. The van der Waals surface area contributed by atoms with E-state index in [2.05, 4.69) is 4.57 Å². The Labute approximate surface area is 347 Å². The molecule has 0 saturated heterocycles. The lowest BCUT2D eigenvalue weighted by molar-refractivity contribution is 0.670. The van der Waals surface area contributed by atoms with Gasteiger partial charge < -0.3 is 13.9 Å². The van der Waals surface area contributed by atoms with Crippen molar-refractivity contribution >= 4 is 60.8 Å². The fraction of sp³-hybridized carbons (Fsp3) is 0. The number of rotatable bonds is 7. The molecule has 57 heavy (non-hydrogen) atoms. The lowest BCUT2D eigenvalue weighted by Crippen LogP contribution is -2.09. The van der Waals surface area contributed by atoms with Gasteiger partial charge in [-0.05, 0) is 94.4 Å². The van der Waals surface area contributed by atoms with Crippen molar-refractivity contribution < 1.29 is 20.9 Å². The predicted octanol–water partition coefficient (Wildman–Crippen LogP) is 15.2. The second-order valence-electron chi connectivity index (χ2n) is 13.6. The third-order valence-electron chi connectivity index (χ3n) is 10.2. The highest BCUT2D eigenvalue weighted by atomic mass is 16.3. The minimum absolute atomic E-state index is 0.0545. The summed E-state index contributed by atoms with van der Waals surface area (Å²) in [5.74, 6) is 0. The molecule has 3 nitrogen and oxygen atoms in total. The van der Waals surface area contributed by atoms with E-state index >= 15 is 0 Å². The van der Waals surface area contributed by atoms with Crippen molar-refractivity contribution in [2.45, 2.75) is 0 Å². The third kappa shape index (κ3) is 5.68. The van der Waals surface area contributed by atoms with Gasteiger partial charge >= 0.3 is 0 Å². The molecule has 2 heterocycles. The van der Waals surface area contributed by atoms with Crippen LogP contribution in [-0.2, 0) is 0 Å². The van der Waals surface area contributed by atoms with Crippen LogP contribution in [0.25, 0.3) is 82.8 Å². The molecule has 0 aliphatic rings. The number of anilines is 3. The summed E-state index contributed by atoms with van der Waals surface area (Å²) >= 11 is 0. The van der Waals surface area contributed by atoms with Crippen molar-refractivity contribution in [3.63, 3.8) is 0 Å². The largest absolute Gasteiger partial charge is 0.455 e. The van der Waals surface area contributed by atoms with Gasteiger partial charge in [0.25, 0.3) is 0 Å². The number of hydrogen-bond acceptors (Lipinski definition) is 2. The van der Waals surface area contributed by atoms with Crippen molar-refractivity contribution in [2.24, 2.45) is 0 Å². The molecule has 3 heteroatoms. The highest BCUT2D eigenvalue weighted by Crippen LogP contribution is 2.40. The second-order valence-corrected chi connectivity index (χ2v) is 13.6. The highest BCUT2D eigenvalue weighted by Gasteiger charge is 2.17. The Kier molecular flexibility index (Phi) is 5.41. The van der Waals surface area contributed by atoms with Crippen LogP contribution in [0.5, 0.6) is 0 Å². The second kappa shape index (κ2) is 13.6. The lowest BCUT2D eigenvalue weighted by atomic mass is 10.0. The van der Waals surface area contributed by atoms with Crippen LogP contribution >= 0.6 is 0 Å². The zero-order valence-electron chi connectivity index (χ0n) is 42.2. The van der Waals surface area contributed by atoms with Gasteiger partial charge in [-0.15, -0.1) is 0 Å². The average Bonchev–Trinajstić information content (AvgIpc) is 3.92. The van der Waals surface area contributed by atoms with Crippen LogP contribution in [0.3, 0.4) is 0 Å². The van der Waals surface area contributed by atoms with Gasteiger partial charge in [0.05, 0.1) is 27.5 Å². The number of aromatic nitrogens is 1. The van der Waals surface area contributed by atoms with E-state index in [4.69, 9.17) is 4.42 Å². The summed E-state index contributed by atoms with van der Waals surface area (Å²) in [6.07, 6.45) is 0. The first kappa shape index (κ1) is 22.7. The van der Waals surface area contributed by atoms with E-state index < -0.39 is 89.6 Å². The number of para-hydroxylation sites is 4. The molecule has 11 rings (SSSR count). The molecule has 0 atom stereocenters. The third-order valence-corrected chi connectivity index (χ3v) is 10.2. The molecule has 2 aromatic heterocycles. The molecule has 0 spiro atoms. The van der Waals surface area contributed by atoms with Crippen LogP contribution in [-0.4, -0.2) is 4.57 Å². The maximum atomic E-state index is 9.67.